The Hall–Kier alpha value is -2.90. The molecule has 8 heteroatoms. The molecule has 1 N–H and O–H groups in total. The lowest BCUT2D eigenvalue weighted by Gasteiger charge is -2.22. The van der Waals surface area contributed by atoms with Crippen molar-refractivity contribution in [1.29, 1.82) is 0 Å². The summed E-state index contributed by atoms with van der Waals surface area (Å²) in [5, 5.41) is 7.92. The fourth-order valence-electron chi connectivity index (χ4n) is 4.12. The summed E-state index contributed by atoms with van der Waals surface area (Å²) in [7, 11) is 0. The molecule has 0 unspecified atom stereocenters. The molecule has 1 fully saturated rings. The Morgan fingerprint density at radius 3 is 2.87 bits per heavy atom. The summed E-state index contributed by atoms with van der Waals surface area (Å²) in [6, 6.07) is 4.08. The molecule has 3 aromatic rings. The molecule has 6 nitrogen and oxygen atoms in total. The molecule has 2 aliphatic rings. The van der Waals surface area contributed by atoms with Crippen LogP contribution < -0.4 is 5.32 Å². The van der Waals surface area contributed by atoms with Crippen LogP contribution >= 0.6 is 0 Å². The normalized spacial score (nSPS) is 19.4. The van der Waals surface area contributed by atoms with E-state index < -0.39 is 6.43 Å². The van der Waals surface area contributed by atoms with Crippen molar-refractivity contribution in [2.75, 3.05) is 11.9 Å². The van der Waals surface area contributed by atoms with Gasteiger partial charge in [0.1, 0.15) is 0 Å². The van der Waals surface area contributed by atoms with E-state index in [9.17, 15) is 8.78 Å². The van der Waals surface area contributed by atoms with E-state index in [0.29, 0.717) is 30.0 Å². The third-order valence-electron chi connectivity index (χ3n) is 6.52. The molecule has 0 aromatic carbocycles. The van der Waals surface area contributed by atoms with Gasteiger partial charge in [0.25, 0.3) is 0 Å². The summed E-state index contributed by atoms with van der Waals surface area (Å²) in [6.45, 7) is 5.05. The Morgan fingerprint density at radius 1 is 1.26 bits per heavy atom. The minimum Gasteiger partial charge on any atom is -0.352 e. The highest BCUT2D eigenvalue weighted by Crippen LogP contribution is 2.44. The number of aliphatic imine (C=N–C) groups is 1. The standard InChI is InChI=1S/C23H26F2N6/c1-14-15(3-4-20(24)25)9-16-10-17(11-26-21(16)29-14)18-5-8-31-19(18)12-27-22(30-31)28-13-23(2)6-7-23/h5,8,10-12,15,20H,3-4,6-7,9,13H2,1-2H3,(H,28,30)/t15-/m0/s1. The van der Waals surface area contributed by atoms with E-state index in [1.54, 1.807) is 0 Å². The number of alkyl halides is 2. The van der Waals surface area contributed by atoms with Crippen molar-refractivity contribution in [1.82, 2.24) is 19.6 Å². The smallest absolute Gasteiger partial charge is 0.241 e. The zero-order valence-corrected chi connectivity index (χ0v) is 17.8. The molecule has 0 radical (unpaired) electrons. The van der Waals surface area contributed by atoms with Crippen LogP contribution in [0, 0.1) is 11.3 Å². The number of hydrogen-bond acceptors (Lipinski definition) is 5. The third kappa shape index (κ3) is 4.16. The zero-order valence-electron chi connectivity index (χ0n) is 17.8. The number of nitrogens with zero attached hydrogens (tertiary/aromatic N) is 5. The predicted octanol–water partition coefficient (Wildman–Crippen LogP) is 5.31. The minimum atomic E-state index is -2.28. The monoisotopic (exact) mass is 424 g/mol. The van der Waals surface area contributed by atoms with E-state index in [-0.39, 0.29) is 12.3 Å². The molecular formula is C23H26F2N6. The summed E-state index contributed by atoms with van der Waals surface area (Å²) in [5.41, 5.74) is 5.11. The fourth-order valence-corrected chi connectivity index (χ4v) is 4.12. The van der Waals surface area contributed by atoms with E-state index >= 15 is 0 Å². The molecule has 1 aliphatic heterocycles. The van der Waals surface area contributed by atoms with Gasteiger partial charge in [-0.3, -0.25) is 0 Å². The second kappa shape index (κ2) is 7.66. The van der Waals surface area contributed by atoms with Gasteiger partial charge in [0, 0.05) is 48.1 Å². The van der Waals surface area contributed by atoms with E-state index in [1.807, 2.05) is 36.1 Å². The molecule has 3 aromatic heterocycles. The van der Waals surface area contributed by atoms with Gasteiger partial charge in [0.15, 0.2) is 5.82 Å². The number of halogens is 2. The van der Waals surface area contributed by atoms with Crippen LogP contribution in [0.5, 0.6) is 0 Å². The lowest BCUT2D eigenvalue weighted by molar-refractivity contribution is 0.131. The number of rotatable bonds is 7. The quantitative estimate of drug-likeness (QED) is 0.558. The largest absolute Gasteiger partial charge is 0.352 e. The number of aromatic nitrogens is 4. The molecule has 1 saturated carbocycles. The second-order valence-corrected chi connectivity index (χ2v) is 9.13. The van der Waals surface area contributed by atoms with Crippen LogP contribution in [0.3, 0.4) is 0 Å². The Bertz CT molecular complexity index is 1150. The van der Waals surface area contributed by atoms with Crippen LogP contribution in [-0.2, 0) is 6.42 Å². The number of hydrogen-bond donors (Lipinski definition) is 1. The highest BCUT2D eigenvalue weighted by atomic mass is 19.3. The lowest BCUT2D eigenvalue weighted by atomic mass is 9.88. The van der Waals surface area contributed by atoms with E-state index in [2.05, 4.69) is 38.4 Å². The Balaban J connectivity index is 1.39. The molecule has 162 valence electrons. The first-order chi connectivity index (χ1) is 14.9. The highest BCUT2D eigenvalue weighted by Gasteiger charge is 2.37. The molecule has 1 atom stereocenters. The molecule has 31 heavy (non-hydrogen) atoms. The predicted molar refractivity (Wildman–Crippen MR) is 117 cm³/mol. The molecule has 5 rings (SSSR count). The van der Waals surface area contributed by atoms with Crippen molar-refractivity contribution in [3.63, 3.8) is 0 Å². The van der Waals surface area contributed by atoms with Crippen molar-refractivity contribution in [3.8, 4) is 11.1 Å². The van der Waals surface area contributed by atoms with Crippen molar-refractivity contribution in [3.05, 3.63) is 36.3 Å². The van der Waals surface area contributed by atoms with Gasteiger partial charge in [-0.25, -0.2) is 28.3 Å². The number of fused-ring (bicyclic) bond motifs is 2. The van der Waals surface area contributed by atoms with Crippen molar-refractivity contribution < 1.29 is 8.78 Å². The van der Waals surface area contributed by atoms with Gasteiger partial charge in [0.2, 0.25) is 12.4 Å². The van der Waals surface area contributed by atoms with Crippen LogP contribution in [0.15, 0.2) is 35.7 Å². The van der Waals surface area contributed by atoms with Gasteiger partial charge in [-0.1, -0.05) is 6.92 Å². The van der Waals surface area contributed by atoms with E-state index in [1.165, 1.54) is 12.8 Å². The Kier molecular flexibility index (Phi) is 4.95. The van der Waals surface area contributed by atoms with Crippen molar-refractivity contribution >= 4 is 23.0 Å². The first-order valence-electron chi connectivity index (χ1n) is 10.8. The van der Waals surface area contributed by atoms with Crippen LogP contribution in [-0.4, -0.2) is 38.3 Å². The van der Waals surface area contributed by atoms with Crippen LogP contribution in [0.25, 0.3) is 16.6 Å². The van der Waals surface area contributed by atoms with Crippen molar-refractivity contribution in [2.45, 2.75) is 52.4 Å². The summed E-state index contributed by atoms with van der Waals surface area (Å²) >= 11 is 0. The van der Waals surface area contributed by atoms with Gasteiger partial charge in [-0.05, 0) is 55.7 Å². The molecule has 0 saturated heterocycles. The SMILES string of the molecule is CC1=Nc2ncc(-c3ccn4nc(NCC5(C)CC5)ncc34)cc2C[C@@H]1CCC(F)F. The maximum absolute atomic E-state index is 12.7. The summed E-state index contributed by atoms with van der Waals surface area (Å²) in [6.07, 6.45) is 6.79. The molecule has 1 aliphatic carbocycles. The number of anilines is 1. The van der Waals surface area contributed by atoms with Gasteiger partial charge < -0.3 is 5.32 Å². The highest BCUT2D eigenvalue weighted by molar-refractivity contribution is 5.89. The fraction of sp³-hybridized carbons (Fsp3) is 0.478. The van der Waals surface area contributed by atoms with Crippen LogP contribution in [0.1, 0.15) is 45.1 Å². The first-order valence-corrected chi connectivity index (χ1v) is 10.8. The lowest BCUT2D eigenvalue weighted by Crippen LogP contribution is -2.19. The van der Waals surface area contributed by atoms with Crippen LogP contribution in [0.4, 0.5) is 20.5 Å². The second-order valence-electron chi connectivity index (χ2n) is 9.13. The average molecular weight is 424 g/mol. The van der Waals surface area contributed by atoms with Gasteiger partial charge in [-0.2, -0.15) is 0 Å². The third-order valence-corrected chi connectivity index (χ3v) is 6.52. The van der Waals surface area contributed by atoms with E-state index in [0.717, 1.165) is 34.5 Å². The van der Waals surface area contributed by atoms with Crippen LogP contribution in [0.2, 0.25) is 0 Å². The molecule has 0 amide bonds. The first kappa shape index (κ1) is 20.0. The van der Waals surface area contributed by atoms with Gasteiger partial charge in [0.05, 0.1) is 11.7 Å². The number of nitrogens with one attached hydrogen (secondary N) is 1. The zero-order chi connectivity index (χ0) is 21.6. The van der Waals surface area contributed by atoms with Crippen molar-refractivity contribution in [2.24, 2.45) is 16.3 Å². The maximum Gasteiger partial charge on any atom is 0.241 e. The molecule has 0 spiro atoms. The number of pyridine rings is 1. The summed E-state index contributed by atoms with van der Waals surface area (Å²) < 4.78 is 27.2. The Labute approximate surface area is 179 Å². The summed E-state index contributed by atoms with van der Waals surface area (Å²) in [4.78, 5) is 13.6. The molecule has 4 heterocycles. The molecular weight excluding hydrogens is 398 g/mol. The maximum atomic E-state index is 12.7. The molecule has 0 bridgehead atoms. The van der Waals surface area contributed by atoms with E-state index in [4.69, 9.17) is 0 Å². The minimum absolute atomic E-state index is 0.0367. The Morgan fingerprint density at radius 2 is 2.10 bits per heavy atom. The topological polar surface area (TPSA) is 67.5 Å². The van der Waals surface area contributed by atoms with Gasteiger partial charge in [-0.15, -0.1) is 5.10 Å². The average Bonchev–Trinajstić information content (AvgIpc) is 3.34. The summed E-state index contributed by atoms with van der Waals surface area (Å²) in [5.74, 6) is 1.35. The van der Waals surface area contributed by atoms with Gasteiger partial charge >= 0.3 is 0 Å².